The van der Waals surface area contributed by atoms with Gasteiger partial charge in [0.25, 0.3) is 0 Å². The molecule has 55 heavy (non-hydrogen) atoms. The van der Waals surface area contributed by atoms with Crippen molar-refractivity contribution in [1.29, 1.82) is 0 Å². The lowest BCUT2D eigenvalue weighted by Crippen LogP contribution is -2.11. The van der Waals surface area contributed by atoms with Gasteiger partial charge in [0.05, 0.1) is 11.1 Å². The Labute approximate surface area is 317 Å². The number of fused-ring (bicyclic) bond motifs is 8. The Bertz CT molecular complexity index is 3200. The topological polar surface area (TPSA) is 42.4 Å². The van der Waals surface area contributed by atoms with Crippen molar-refractivity contribution in [2.75, 3.05) is 4.90 Å². The lowest BCUT2D eigenvalue weighted by atomic mass is 9.93. The van der Waals surface area contributed by atoms with E-state index in [-0.39, 0.29) is 0 Å². The Hall–Kier alpha value is -7.43. The first kappa shape index (κ1) is 31.1. The van der Waals surface area contributed by atoms with Crippen LogP contribution in [-0.2, 0) is 0 Å². The second-order valence-corrected chi connectivity index (χ2v) is 13.9. The maximum absolute atomic E-state index is 6.59. The highest BCUT2D eigenvalue weighted by atomic mass is 16.4. The van der Waals surface area contributed by atoms with E-state index in [9.17, 15) is 0 Å². The van der Waals surface area contributed by atoms with Crippen LogP contribution in [0.5, 0.6) is 0 Å². The molecule has 0 atom stereocenters. The van der Waals surface area contributed by atoms with Crippen LogP contribution >= 0.6 is 0 Å². The average molecular weight is 705 g/mol. The van der Waals surface area contributed by atoms with Crippen LogP contribution in [0.4, 0.5) is 17.1 Å². The third-order valence-electron chi connectivity index (χ3n) is 10.7. The predicted octanol–water partition coefficient (Wildman–Crippen LogP) is 14.5. The van der Waals surface area contributed by atoms with Crippen LogP contribution in [0.15, 0.2) is 203 Å². The van der Waals surface area contributed by atoms with E-state index in [1.807, 2.05) is 42.5 Å². The van der Waals surface area contributed by atoms with Gasteiger partial charge in [-0.2, -0.15) is 0 Å². The van der Waals surface area contributed by atoms with Crippen LogP contribution in [0.1, 0.15) is 0 Å². The van der Waals surface area contributed by atoms with Crippen LogP contribution in [-0.4, -0.2) is 4.98 Å². The van der Waals surface area contributed by atoms with Gasteiger partial charge in [-0.15, -0.1) is 0 Å². The highest BCUT2D eigenvalue weighted by Crippen LogP contribution is 2.45. The molecular formula is C51H32N2O2. The number of oxazole rings is 1. The van der Waals surface area contributed by atoms with Crippen molar-refractivity contribution in [3.63, 3.8) is 0 Å². The minimum absolute atomic E-state index is 0.595. The van der Waals surface area contributed by atoms with Gasteiger partial charge in [0.2, 0.25) is 5.89 Å². The molecular weight excluding hydrogens is 673 g/mol. The van der Waals surface area contributed by atoms with E-state index in [2.05, 4.69) is 157 Å². The molecule has 258 valence electrons. The van der Waals surface area contributed by atoms with Crippen LogP contribution in [0.25, 0.3) is 88.3 Å². The first-order valence-corrected chi connectivity index (χ1v) is 18.5. The van der Waals surface area contributed by atoms with E-state index in [0.717, 1.165) is 66.8 Å². The highest BCUT2D eigenvalue weighted by Gasteiger charge is 2.21. The molecule has 11 aromatic rings. The number of furan rings is 1. The van der Waals surface area contributed by atoms with E-state index < -0.39 is 0 Å². The number of nitrogens with zero attached hydrogens (tertiary/aromatic N) is 2. The molecule has 0 amide bonds. The lowest BCUT2D eigenvalue weighted by Gasteiger charge is -2.28. The van der Waals surface area contributed by atoms with Crippen LogP contribution in [0, 0.1) is 0 Å². The number of hydrogen-bond donors (Lipinski definition) is 0. The SMILES string of the molecule is c1ccc(-c2nc3ccc4oc5cc(N(c6ccc(-c7cc8ccccc8c8ccccc78)cc6)c6ccccc6-c6ccccc6)ccc5c4c3o2)cc1. The normalized spacial score (nSPS) is 11.6. The molecule has 0 N–H and O–H groups in total. The summed E-state index contributed by atoms with van der Waals surface area (Å²) in [6.07, 6.45) is 0. The second-order valence-electron chi connectivity index (χ2n) is 13.9. The Morgan fingerprint density at radius 2 is 1.05 bits per heavy atom. The number of aromatic nitrogens is 1. The summed E-state index contributed by atoms with van der Waals surface area (Å²) in [6, 6.07) is 68.2. The van der Waals surface area contributed by atoms with Crippen molar-refractivity contribution in [3.05, 3.63) is 194 Å². The van der Waals surface area contributed by atoms with Gasteiger partial charge in [-0.1, -0.05) is 127 Å². The molecule has 11 rings (SSSR count). The Morgan fingerprint density at radius 1 is 0.400 bits per heavy atom. The zero-order valence-corrected chi connectivity index (χ0v) is 29.7. The maximum Gasteiger partial charge on any atom is 0.227 e. The summed E-state index contributed by atoms with van der Waals surface area (Å²) in [6.45, 7) is 0. The standard InChI is InChI=1S/C51H32N2O2/c1-3-13-33(14-4-1)40-19-11-12-22-46(40)53(37-25-23-34(24-26-37)44-31-36-17-7-8-18-39(36)41-20-9-10-21-42(41)44)38-27-28-43-48(32-38)54-47-30-29-45-50(49(43)47)55-51(52-45)35-15-5-2-6-16-35/h1-32H. The molecule has 2 heterocycles. The van der Waals surface area contributed by atoms with Crippen LogP contribution < -0.4 is 4.90 Å². The third-order valence-corrected chi connectivity index (χ3v) is 10.7. The van der Waals surface area contributed by atoms with Gasteiger partial charge in [-0.25, -0.2) is 4.98 Å². The van der Waals surface area contributed by atoms with E-state index in [1.54, 1.807) is 0 Å². The van der Waals surface area contributed by atoms with Crippen molar-refractivity contribution in [2.45, 2.75) is 0 Å². The van der Waals surface area contributed by atoms with E-state index >= 15 is 0 Å². The Kier molecular flexibility index (Phi) is 7.14. The van der Waals surface area contributed by atoms with Gasteiger partial charge in [-0.05, 0) is 98.9 Å². The summed E-state index contributed by atoms with van der Waals surface area (Å²) >= 11 is 0. The number of benzene rings is 9. The van der Waals surface area contributed by atoms with Crippen molar-refractivity contribution in [2.24, 2.45) is 0 Å². The summed E-state index contributed by atoms with van der Waals surface area (Å²) < 4.78 is 13.0. The number of rotatable bonds is 6. The molecule has 0 aliphatic heterocycles. The van der Waals surface area contributed by atoms with Crippen molar-refractivity contribution >= 4 is 71.6 Å². The summed E-state index contributed by atoms with van der Waals surface area (Å²) in [4.78, 5) is 7.16. The van der Waals surface area contributed by atoms with E-state index in [1.165, 1.54) is 32.7 Å². The van der Waals surface area contributed by atoms with Crippen LogP contribution in [0.2, 0.25) is 0 Å². The number of hydrogen-bond acceptors (Lipinski definition) is 4. The highest BCUT2D eigenvalue weighted by molar-refractivity contribution is 6.17. The molecule has 9 aromatic carbocycles. The largest absolute Gasteiger partial charge is 0.456 e. The zero-order valence-electron chi connectivity index (χ0n) is 29.7. The smallest absolute Gasteiger partial charge is 0.227 e. The Morgan fingerprint density at radius 3 is 1.87 bits per heavy atom. The summed E-state index contributed by atoms with van der Waals surface area (Å²) in [7, 11) is 0. The molecule has 4 heteroatoms. The first-order chi connectivity index (χ1) is 27.3. The molecule has 0 aliphatic rings. The molecule has 0 fully saturated rings. The quantitative estimate of drug-likeness (QED) is 0.162. The molecule has 0 bridgehead atoms. The molecule has 0 radical (unpaired) electrons. The van der Waals surface area contributed by atoms with Gasteiger partial charge in [0.15, 0.2) is 5.58 Å². The van der Waals surface area contributed by atoms with E-state index in [4.69, 9.17) is 13.8 Å². The monoisotopic (exact) mass is 704 g/mol. The van der Waals surface area contributed by atoms with Gasteiger partial charge >= 0.3 is 0 Å². The Balaban J connectivity index is 1.08. The fraction of sp³-hybridized carbons (Fsp3) is 0. The van der Waals surface area contributed by atoms with Crippen molar-refractivity contribution in [3.8, 4) is 33.7 Å². The summed E-state index contributed by atoms with van der Waals surface area (Å²) in [5, 5.41) is 6.91. The molecule has 0 saturated heterocycles. The molecule has 0 aliphatic carbocycles. The zero-order chi connectivity index (χ0) is 36.3. The van der Waals surface area contributed by atoms with E-state index in [0.29, 0.717) is 5.89 Å². The molecule has 0 spiro atoms. The molecule has 4 nitrogen and oxygen atoms in total. The van der Waals surface area contributed by atoms with Gasteiger partial charge in [0, 0.05) is 34.0 Å². The van der Waals surface area contributed by atoms with Crippen molar-refractivity contribution < 1.29 is 8.83 Å². The summed E-state index contributed by atoms with van der Waals surface area (Å²) in [5.41, 5.74) is 11.8. The third kappa shape index (κ3) is 5.19. The number of anilines is 3. The fourth-order valence-electron chi connectivity index (χ4n) is 8.12. The average Bonchev–Trinajstić information content (AvgIpc) is 3.86. The minimum Gasteiger partial charge on any atom is -0.456 e. The molecule has 0 saturated carbocycles. The summed E-state index contributed by atoms with van der Waals surface area (Å²) in [5.74, 6) is 0.595. The van der Waals surface area contributed by atoms with Gasteiger partial charge < -0.3 is 13.7 Å². The lowest BCUT2D eigenvalue weighted by molar-refractivity contribution is 0.622. The second kappa shape index (κ2) is 12.6. The minimum atomic E-state index is 0.595. The molecule has 0 unspecified atom stereocenters. The maximum atomic E-state index is 6.59. The molecule has 2 aromatic heterocycles. The predicted molar refractivity (Wildman–Crippen MR) is 227 cm³/mol. The van der Waals surface area contributed by atoms with Crippen LogP contribution in [0.3, 0.4) is 0 Å². The van der Waals surface area contributed by atoms with Gasteiger partial charge in [0.1, 0.15) is 16.7 Å². The first-order valence-electron chi connectivity index (χ1n) is 18.5. The number of para-hydroxylation sites is 1. The van der Waals surface area contributed by atoms with Gasteiger partial charge in [-0.3, -0.25) is 0 Å². The fourth-order valence-corrected chi connectivity index (χ4v) is 8.12. The van der Waals surface area contributed by atoms with Crippen molar-refractivity contribution in [1.82, 2.24) is 4.98 Å².